The van der Waals surface area contributed by atoms with Crippen LogP contribution in [-0.2, 0) is 19.1 Å². The molecule has 0 spiro atoms. The van der Waals surface area contributed by atoms with Crippen molar-refractivity contribution in [1.82, 2.24) is 0 Å². The molecule has 0 saturated carbocycles. The van der Waals surface area contributed by atoms with Crippen LogP contribution in [-0.4, -0.2) is 11.9 Å². The summed E-state index contributed by atoms with van der Waals surface area (Å²) in [4.78, 5) is 23.6. The topological polar surface area (TPSA) is 52.6 Å². The summed E-state index contributed by atoms with van der Waals surface area (Å²) in [5, 5.41) is 0. The van der Waals surface area contributed by atoms with Crippen molar-refractivity contribution in [3.8, 4) is 0 Å². The fraction of sp³-hybridized carbons (Fsp3) is 0.391. The first-order valence-corrected chi connectivity index (χ1v) is 9.62. The lowest BCUT2D eigenvalue weighted by Crippen LogP contribution is -2.13. The number of hydrogen-bond acceptors (Lipinski definition) is 4. The maximum atomic E-state index is 11.8. The van der Waals surface area contributed by atoms with Crippen molar-refractivity contribution in [2.24, 2.45) is 0 Å². The van der Waals surface area contributed by atoms with Gasteiger partial charge in [0, 0.05) is 12.8 Å². The molecule has 0 saturated heterocycles. The van der Waals surface area contributed by atoms with E-state index in [1.54, 1.807) is 13.8 Å². The minimum absolute atomic E-state index is 0.208. The van der Waals surface area contributed by atoms with Crippen LogP contribution in [0.25, 0.3) is 0 Å². The highest BCUT2D eigenvalue weighted by Crippen LogP contribution is 2.29. The summed E-state index contributed by atoms with van der Waals surface area (Å²) in [5.41, 5.74) is 1.97. The first-order valence-electron chi connectivity index (χ1n) is 9.62. The van der Waals surface area contributed by atoms with E-state index in [0.717, 1.165) is 17.5 Å². The van der Waals surface area contributed by atoms with E-state index in [0.29, 0.717) is 25.7 Å². The van der Waals surface area contributed by atoms with Crippen LogP contribution in [0.5, 0.6) is 0 Å². The van der Waals surface area contributed by atoms with Gasteiger partial charge in [0.25, 0.3) is 0 Å². The molecule has 0 aliphatic carbocycles. The zero-order valence-corrected chi connectivity index (χ0v) is 16.1. The molecular formula is C23H28O4. The van der Waals surface area contributed by atoms with Crippen LogP contribution in [0.15, 0.2) is 60.7 Å². The van der Waals surface area contributed by atoms with Crippen LogP contribution in [0, 0.1) is 0 Å². The van der Waals surface area contributed by atoms with Crippen LogP contribution in [0.3, 0.4) is 0 Å². The second-order valence-corrected chi connectivity index (χ2v) is 6.42. The smallest absolute Gasteiger partial charge is 0.306 e. The zero-order valence-electron chi connectivity index (χ0n) is 16.1. The maximum absolute atomic E-state index is 11.8. The van der Waals surface area contributed by atoms with Crippen molar-refractivity contribution in [3.05, 3.63) is 71.8 Å². The molecule has 144 valence electrons. The van der Waals surface area contributed by atoms with Gasteiger partial charge in [-0.1, -0.05) is 74.5 Å². The summed E-state index contributed by atoms with van der Waals surface area (Å²) in [5.74, 6) is -0.415. The van der Waals surface area contributed by atoms with E-state index in [9.17, 15) is 9.59 Å². The number of ether oxygens (including phenoxy) is 2. The fourth-order valence-electron chi connectivity index (χ4n) is 2.90. The summed E-state index contributed by atoms with van der Waals surface area (Å²) >= 11 is 0. The third kappa shape index (κ3) is 6.89. The van der Waals surface area contributed by atoms with Gasteiger partial charge < -0.3 is 9.47 Å². The lowest BCUT2D eigenvalue weighted by Gasteiger charge is -2.21. The van der Waals surface area contributed by atoms with E-state index in [1.165, 1.54) is 0 Å². The average Bonchev–Trinajstić information content (AvgIpc) is 2.73. The van der Waals surface area contributed by atoms with E-state index < -0.39 is 0 Å². The van der Waals surface area contributed by atoms with Gasteiger partial charge in [0.2, 0.25) is 0 Å². The monoisotopic (exact) mass is 368 g/mol. The third-order valence-corrected chi connectivity index (χ3v) is 4.40. The van der Waals surface area contributed by atoms with Crippen molar-refractivity contribution in [1.29, 1.82) is 0 Å². The van der Waals surface area contributed by atoms with Crippen molar-refractivity contribution >= 4 is 11.9 Å². The zero-order chi connectivity index (χ0) is 19.5. The average molecular weight is 368 g/mol. The van der Waals surface area contributed by atoms with Gasteiger partial charge in [-0.3, -0.25) is 9.59 Å². The van der Waals surface area contributed by atoms with Crippen LogP contribution in [0.4, 0.5) is 0 Å². The standard InChI is InChI=1S/C23H28O4/c1-3-22(24)26-20(18-12-7-5-8-13-18)16-11-17-21(27-23(25)4-2)19-14-9-6-10-15-19/h5-10,12-15,20-21H,3-4,11,16-17H2,1-2H3. The molecule has 2 rings (SSSR count). The highest BCUT2D eigenvalue weighted by atomic mass is 16.5. The number of carbonyl (C=O) groups is 2. The van der Waals surface area contributed by atoms with Crippen LogP contribution in [0.1, 0.15) is 69.3 Å². The predicted molar refractivity (Wildman–Crippen MR) is 105 cm³/mol. The van der Waals surface area contributed by atoms with E-state index in [2.05, 4.69) is 0 Å². The highest BCUT2D eigenvalue weighted by molar-refractivity contribution is 5.69. The Bertz CT molecular complexity index is 635. The fourth-order valence-corrected chi connectivity index (χ4v) is 2.90. The van der Waals surface area contributed by atoms with E-state index in [4.69, 9.17) is 9.47 Å². The Labute approximate surface area is 161 Å². The number of carbonyl (C=O) groups excluding carboxylic acids is 2. The maximum Gasteiger partial charge on any atom is 0.306 e. The first-order chi connectivity index (χ1) is 13.1. The second-order valence-electron chi connectivity index (χ2n) is 6.42. The Morgan fingerprint density at radius 2 is 1.07 bits per heavy atom. The van der Waals surface area contributed by atoms with Gasteiger partial charge >= 0.3 is 11.9 Å². The minimum Gasteiger partial charge on any atom is -0.457 e. The normalized spacial score (nSPS) is 12.8. The molecule has 27 heavy (non-hydrogen) atoms. The molecule has 4 heteroatoms. The van der Waals surface area contributed by atoms with Gasteiger partial charge in [0.05, 0.1) is 0 Å². The van der Waals surface area contributed by atoms with Crippen molar-refractivity contribution in [3.63, 3.8) is 0 Å². The molecule has 0 aliphatic rings. The van der Waals surface area contributed by atoms with Gasteiger partial charge in [0.15, 0.2) is 0 Å². The van der Waals surface area contributed by atoms with E-state index >= 15 is 0 Å². The molecular weight excluding hydrogens is 340 g/mol. The molecule has 2 aromatic carbocycles. The van der Waals surface area contributed by atoms with E-state index in [-0.39, 0.29) is 24.1 Å². The number of benzene rings is 2. The Hall–Kier alpha value is -2.62. The largest absolute Gasteiger partial charge is 0.457 e. The molecule has 0 fully saturated rings. The third-order valence-electron chi connectivity index (χ3n) is 4.40. The molecule has 2 unspecified atom stereocenters. The van der Waals surface area contributed by atoms with Crippen LogP contribution in [0.2, 0.25) is 0 Å². The Balaban J connectivity index is 2.03. The second kappa shape index (κ2) is 11.2. The van der Waals surface area contributed by atoms with Gasteiger partial charge in [-0.05, 0) is 30.4 Å². The molecule has 0 aromatic heterocycles. The highest BCUT2D eigenvalue weighted by Gasteiger charge is 2.19. The lowest BCUT2D eigenvalue weighted by molar-refractivity contribution is -0.150. The summed E-state index contributed by atoms with van der Waals surface area (Å²) in [6.45, 7) is 3.58. The van der Waals surface area contributed by atoms with Gasteiger partial charge in [-0.25, -0.2) is 0 Å². The van der Waals surface area contributed by atoms with Crippen molar-refractivity contribution < 1.29 is 19.1 Å². The lowest BCUT2D eigenvalue weighted by atomic mass is 9.99. The van der Waals surface area contributed by atoms with Crippen molar-refractivity contribution in [2.75, 3.05) is 0 Å². The van der Waals surface area contributed by atoms with Gasteiger partial charge in [0.1, 0.15) is 12.2 Å². The van der Waals surface area contributed by atoms with Gasteiger partial charge in [-0.15, -0.1) is 0 Å². The quantitative estimate of drug-likeness (QED) is 0.516. The van der Waals surface area contributed by atoms with Crippen molar-refractivity contribution in [2.45, 2.75) is 58.2 Å². The Kier molecular flexibility index (Phi) is 8.56. The molecule has 0 amide bonds. The first kappa shape index (κ1) is 20.7. The molecule has 4 nitrogen and oxygen atoms in total. The number of rotatable bonds is 10. The van der Waals surface area contributed by atoms with Crippen LogP contribution < -0.4 is 0 Å². The minimum atomic E-state index is -0.281. The molecule has 0 radical (unpaired) electrons. The molecule has 2 aromatic rings. The van der Waals surface area contributed by atoms with Gasteiger partial charge in [-0.2, -0.15) is 0 Å². The molecule has 2 atom stereocenters. The Morgan fingerprint density at radius 3 is 1.41 bits per heavy atom. The summed E-state index contributed by atoms with van der Waals surface area (Å²) in [7, 11) is 0. The summed E-state index contributed by atoms with van der Waals surface area (Å²) in [6, 6.07) is 19.5. The summed E-state index contributed by atoms with van der Waals surface area (Å²) < 4.78 is 11.3. The predicted octanol–water partition coefficient (Wildman–Crippen LogP) is 5.55. The SMILES string of the molecule is CCC(=O)OC(CCCC(OC(=O)CC)c1ccccc1)c1ccccc1. The summed E-state index contributed by atoms with van der Waals surface area (Å²) in [6.07, 6.45) is 2.28. The van der Waals surface area contributed by atoms with E-state index in [1.807, 2.05) is 60.7 Å². The van der Waals surface area contributed by atoms with Crippen LogP contribution >= 0.6 is 0 Å². The molecule has 0 heterocycles. The number of hydrogen-bond donors (Lipinski definition) is 0. The Morgan fingerprint density at radius 1 is 0.704 bits per heavy atom. The molecule has 0 N–H and O–H groups in total. The molecule has 0 aliphatic heterocycles. The number of esters is 2. The molecule has 0 bridgehead atoms.